The standard InChI is InChI=1S/C10H12ClN3O/c1-6(12)10-13-9(14-15-10)7-2-4-8(11)5-3-7/h2,4,6H,3,5,12H2,1H3. The van der Waals surface area contributed by atoms with Crippen LogP contribution in [0.5, 0.6) is 0 Å². The van der Waals surface area contributed by atoms with Crippen LogP contribution in [0.4, 0.5) is 0 Å². The van der Waals surface area contributed by atoms with Gasteiger partial charge in [0.2, 0.25) is 5.89 Å². The molecule has 1 aromatic rings. The molecule has 1 aliphatic rings. The van der Waals surface area contributed by atoms with E-state index in [-0.39, 0.29) is 6.04 Å². The van der Waals surface area contributed by atoms with E-state index in [4.69, 9.17) is 21.9 Å². The Labute approximate surface area is 92.8 Å². The molecule has 1 unspecified atom stereocenters. The first-order valence-corrected chi connectivity index (χ1v) is 5.19. The van der Waals surface area contributed by atoms with Crippen molar-refractivity contribution in [1.29, 1.82) is 0 Å². The van der Waals surface area contributed by atoms with Gasteiger partial charge in [-0.1, -0.05) is 22.8 Å². The zero-order valence-corrected chi connectivity index (χ0v) is 9.16. The van der Waals surface area contributed by atoms with E-state index in [0.717, 1.165) is 23.4 Å². The Kier molecular flexibility index (Phi) is 2.88. The highest BCUT2D eigenvalue weighted by molar-refractivity contribution is 6.29. The van der Waals surface area contributed by atoms with E-state index in [0.29, 0.717) is 11.7 Å². The van der Waals surface area contributed by atoms with Gasteiger partial charge < -0.3 is 10.3 Å². The number of allylic oxidation sites excluding steroid dienone is 4. The molecule has 15 heavy (non-hydrogen) atoms. The van der Waals surface area contributed by atoms with E-state index in [1.54, 1.807) is 0 Å². The molecule has 0 fully saturated rings. The van der Waals surface area contributed by atoms with E-state index in [1.165, 1.54) is 0 Å². The van der Waals surface area contributed by atoms with Crippen LogP contribution in [0.3, 0.4) is 0 Å². The van der Waals surface area contributed by atoms with E-state index >= 15 is 0 Å². The highest BCUT2D eigenvalue weighted by Crippen LogP contribution is 2.26. The first kappa shape index (κ1) is 10.4. The zero-order valence-electron chi connectivity index (χ0n) is 8.40. The summed E-state index contributed by atoms with van der Waals surface area (Å²) in [6.07, 6.45) is 5.45. The summed E-state index contributed by atoms with van der Waals surface area (Å²) in [4.78, 5) is 4.22. The lowest BCUT2D eigenvalue weighted by molar-refractivity contribution is 0.359. The Bertz CT molecular complexity index is 420. The van der Waals surface area contributed by atoms with Gasteiger partial charge in [-0.25, -0.2) is 0 Å². The minimum absolute atomic E-state index is 0.227. The van der Waals surface area contributed by atoms with Crippen LogP contribution in [0.25, 0.3) is 5.57 Å². The monoisotopic (exact) mass is 225 g/mol. The fraction of sp³-hybridized carbons (Fsp3) is 0.400. The molecule has 0 bridgehead atoms. The smallest absolute Gasteiger partial charge is 0.243 e. The van der Waals surface area contributed by atoms with Crippen molar-refractivity contribution in [3.8, 4) is 0 Å². The molecule has 80 valence electrons. The summed E-state index contributed by atoms with van der Waals surface area (Å²) in [5.74, 6) is 1.08. The van der Waals surface area contributed by atoms with Gasteiger partial charge in [0.15, 0.2) is 5.82 Å². The van der Waals surface area contributed by atoms with Crippen molar-refractivity contribution >= 4 is 17.2 Å². The van der Waals surface area contributed by atoms with E-state index in [9.17, 15) is 0 Å². The van der Waals surface area contributed by atoms with Gasteiger partial charge >= 0.3 is 0 Å². The lowest BCUT2D eigenvalue weighted by Gasteiger charge is -2.06. The molecular formula is C10H12ClN3O. The summed E-state index contributed by atoms with van der Waals surface area (Å²) >= 11 is 5.86. The number of hydrogen-bond donors (Lipinski definition) is 1. The molecule has 1 aromatic heterocycles. The lowest BCUT2D eigenvalue weighted by atomic mass is 10.0. The highest BCUT2D eigenvalue weighted by Gasteiger charge is 2.15. The Hall–Kier alpha value is -1.13. The van der Waals surface area contributed by atoms with Crippen LogP contribution >= 0.6 is 11.6 Å². The predicted molar refractivity (Wildman–Crippen MR) is 58.0 cm³/mol. The fourth-order valence-corrected chi connectivity index (χ4v) is 1.51. The number of hydrogen-bond acceptors (Lipinski definition) is 4. The van der Waals surface area contributed by atoms with Crippen LogP contribution in [0.15, 0.2) is 21.7 Å². The van der Waals surface area contributed by atoms with Gasteiger partial charge in [0.1, 0.15) is 0 Å². The molecule has 0 aromatic carbocycles. The molecule has 1 heterocycles. The molecule has 4 nitrogen and oxygen atoms in total. The van der Waals surface area contributed by atoms with E-state index in [1.807, 2.05) is 19.1 Å². The Morgan fingerprint density at radius 1 is 1.47 bits per heavy atom. The van der Waals surface area contributed by atoms with Crippen molar-refractivity contribution in [2.75, 3.05) is 0 Å². The third-order valence-corrected chi connectivity index (χ3v) is 2.53. The van der Waals surface area contributed by atoms with Crippen molar-refractivity contribution in [2.45, 2.75) is 25.8 Å². The molecule has 0 saturated carbocycles. The average Bonchev–Trinajstić information content (AvgIpc) is 2.68. The average molecular weight is 226 g/mol. The third-order valence-electron chi connectivity index (χ3n) is 2.22. The van der Waals surface area contributed by atoms with Crippen molar-refractivity contribution < 1.29 is 4.52 Å². The van der Waals surface area contributed by atoms with Gasteiger partial charge in [-0.15, -0.1) is 0 Å². The lowest BCUT2D eigenvalue weighted by Crippen LogP contribution is -2.05. The van der Waals surface area contributed by atoms with Crippen molar-refractivity contribution in [3.63, 3.8) is 0 Å². The summed E-state index contributed by atoms with van der Waals surface area (Å²) in [6, 6.07) is -0.227. The van der Waals surface area contributed by atoms with Gasteiger partial charge in [0, 0.05) is 10.6 Å². The van der Waals surface area contributed by atoms with Crippen LogP contribution in [-0.4, -0.2) is 10.1 Å². The van der Waals surface area contributed by atoms with E-state index in [2.05, 4.69) is 10.1 Å². The fourth-order valence-electron chi connectivity index (χ4n) is 1.35. The molecule has 0 radical (unpaired) electrons. The van der Waals surface area contributed by atoms with Crippen LogP contribution < -0.4 is 5.73 Å². The minimum atomic E-state index is -0.227. The third kappa shape index (κ3) is 2.27. The highest BCUT2D eigenvalue weighted by atomic mass is 35.5. The van der Waals surface area contributed by atoms with Gasteiger partial charge in [-0.3, -0.25) is 0 Å². The van der Waals surface area contributed by atoms with Crippen LogP contribution in [-0.2, 0) is 0 Å². The maximum atomic E-state index is 5.86. The molecular weight excluding hydrogens is 214 g/mol. The molecule has 5 heteroatoms. The number of halogens is 1. The summed E-state index contributed by atoms with van der Waals surface area (Å²) < 4.78 is 5.03. The summed E-state index contributed by atoms with van der Waals surface area (Å²) in [5.41, 5.74) is 6.67. The van der Waals surface area contributed by atoms with Crippen molar-refractivity contribution in [2.24, 2.45) is 5.73 Å². The normalized spacial score (nSPS) is 18.3. The largest absolute Gasteiger partial charge is 0.337 e. The number of nitrogens with zero attached hydrogens (tertiary/aromatic N) is 2. The molecule has 1 atom stereocenters. The van der Waals surface area contributed by atoms with Gasteiger partial charge in [0.05, 0.1) is 6.04 Å². The minimum Gasteiger partial charge on any atom is -0.337 e. The topological polar surface area (TPSA) is 64.9 Å². The number of nitrogens with two attached hydrogens (primary N) is 1. The molecule has 2 rings (SSSR count). The molecule has 2 N–H and O–H groups in total. The van der Waals surface area contributed by atoms with Crippen LogP contribution in [0, 0.1) is 0 Å². The second kappa shape index (κ2) is 4.16. The molecule has 1 aliphatic carbocycles. The Morgan fingerprint density at radius 2 is 2.27 bits per heavy atom. The van der Waals surface area contributed by atoms with E-state index < -0.39 is 0 Å². The first-order chi connectivity index (χ1) is 7.16. The Morgan fingerprint density at radius 3 is 2.80 bits per heavy atom. The summed E-state index contributed by atoms with van der Waals surface area (Å²) in [7, 11) is 0. The molecule has 0 saturated heterocycles. The SMILES string of the molecule is CC(N)c1nc(C2=CC=C(Cl)CC2)no1. The number of aromatic nitrogens is 2. The quantitative estimate of drug-likeness (QED) is 0.839. The predicted octanol–water partition coefficient (Wildman–Crippen LogP) is 2.39. The summed E-state index contributed by atoms with van der Waals surface area (Å²) in [6.45, 7) is 1.81. The second-order valence-corrected chi connectivity index (χ2v) is 4.04. The first-order valence-electron chi connectivity index (χ1n) is 4.81. The maximum absolute atomic E-state index is 5.86. The van der Waals surface area contributed by atoms with Gasteiger partial charge in [0.25, 0.3) is 0 Å². The molecule has 0 amide bonds. The molecule has 0 spiro atoms. The number of rotatable bonds is 2. The maximum Gasteiger partial charge on any atom is 0.243 e. The Balaban J connectivity index is 2.23. The van der Waals surface area contributed by atoms with Gasteiger partial charge in [-0.2, -0.15) is 4.98 Å². The van der Waals surface area contributed by atoms with Crippen molar-refractivity contribution in [3.05, 3.63) is 28.9 Å². The summed E-state index contributed by atoms with van der Waals surface area (Å²) in [5, 5.41) is 4.74. The van der Waals surface area contributed by atoms with Crippen LogP contribution in [0.2, 0.25) is 0 Å². The van der Waals surface area contributed by atoms with Gasteiger partial charge in [-0.05, 0) is 25.8 Å². The van der Waals surface area contributed by atoms with Crippen LogP contribution in [0.1, 0.15) is 37.5 Å². The van der Waals surface area contributed by atoms with Crippen molar-refractivity contribution in [1.82, 2.24) is 10.1 Å². The second-order valence-electron chi connectivity index (χ2n) is 3.55. The molecule has 0 aliphatic heterocycles. The zero-order chi connectivity index (χ0) is 10.8.